The van der Waals surface area contributed by atoms with E-state index in [1.54, 1.807) is 0 Å². The Morgan fingerprint density at radius 3 is 2.00 bits per heavy atom. The summed E-state index contributed by atoms with van der Waals surface area (Å²) < 4.78 is -1.14. The molecule has 50 valence electrons. The van der Waals surface area contributed by atoms with E-state index in [4.69, 9.17) is 34.8 Å². The molecule has 0 aliphatic rings. The molecule has 0 fully saturated rings. The van der Waals surface area contributed by atoms with E-state index < -0.39 is 3.79 Å². The predicted molar refractivity (Wildman–Crippen MR) is 38.8 cm³/mol. The van der Waals surface area contributed by atoms with Crippen molar-refractivity contribution in [2.24, 2.45) is 0 Å². The van der Waals surface area contributed by atoms with E-state index in [9.17, 15) is 0 Å². The van der Waals surface area contributed by atoms with Crippen molar-refractivity contribution in [1.29, 1.82) is 0 Å². The fourth-order valence-electron chi connectivity index (χ4n) is 0.267. The van der Waals surface area contributed by atoms with E-state index in [0.717, 1.165) is 6.54 Å². The molecule has 0 atom stereocenters. The smallest absolute Gasteiger partial charge is 0.202 e. The minimum absolute atomic E-state index is 0.411. The third-order valence-electron chi connectivity index (χ3n) is 0.575. The molecule has 8 heavy (non-hydrogen) atoms. The van der Waals surface area contributed by atoms with Gasteiger partial charge in [-0.2, -0.15) is 0 Å². The van der Waals surface area contributed by atoms with Gasteiger partial charge in [0.15, 0.2) is 0 Å². The molecular weight excluding hydrogens is 168 g/mol. The molecular formula is C4H8Cl3N. The molecule has 0 aromatic carbocycles. The van der Waals surface area contributed by atoms with Gasteiger partial charge in [0.05, 0.1) is 0 Å². The summed E-state index contributed by atoms with van der Waals surface area (Å²) in [6, 6.07) is 0. The number of alkyl halides is 3. The average Bonchev–Trinajstić information content (AvgIpc) is 1.59. The molecule has 0 aromatic rings. The van der Waals surface area contributed by atoms with Crippen LogP contribution in [-0.2, 0) is 0 Å². The maximum Gasteiger partial charge on any atom is 0.202 e. The molecule has 0 saturated heterocycles. The van der Waals surface area contributed by atoms with Crippen molar-refractivity contribution in [2.45, 2.75) is 10.7 Å². The molecule has 0 radical (unpaired) electrons. The van der Waals surface area contributed by atoms with Gasteiger partial charge in [-0.15, -0.1) is 0 Å². The number of halogens is 3. The number of rotatable bonds is 2. The van der Waals surface area contributed by atoms with Gasteiger partial charge < -0.3 is 5.32 Å². The highest BCUT2D eigenvalue weighted by Gasteiger charge is 2.17. The van der Waals surface area contributed by atoms with Crippen LogP contribution in [0.25, 0.3) is 0 Å². The fourth-order valence-corrected chi connectivity index (χ4v) is 0.550. The third kappa shape index (κ3) is 6.83. The topological polar surface area (TPSA) is 12.0 Å². The van der Waals surface area contributed by atoms with Crippen LogP contribution >= 0.6 is 34.8 Å². The van der Waals surface area contributed by atoms with Crippen LogP contribution in [0.3, 0.4) is 0 Å². The molecule has 0 saturated carbocycles. The highest BCUT2D eigenvalue weighted by Crippen LogP contribution is 2.24. The number of nitrogens with one attached hydrogen (secondary N) is 1. The van der Waals surface area contributed by atoms with Gasteiger partial charge in [0.2, 0.25) is 3.79 Å². The van der Waals surface area contributed by atoms with Gasteiger partial charge in [-0.3, -0.25) is 0 Å². The first-order valence-electron chi connectivity index (χ1n) is 2.33. The van der Waals surface area contributed by atoms with Crippen LogP contribution in [0.1, 0.15) is 6.92 Å². The van der Waals surface area contributed by atoms with Gasteiger partial charge in [-0.25, -0.2) is 0 Å². The molecule has 0 rings (SSSR count). The Balaban J connectivity index is 3.11. The molecule has 1 nitrogen and oxygen atoms in total. The van der Waals surface area contributed by atoms with Crippen LogP contribution in [0.15, 0.2) is 0 Å². The van der Waals surface area contributed by atoms with Crippen molar-refractivity contribution < 1.29 is 0 Å². The Hall–Kier alpha value is 0.830. The van der Waals surface area contributed by atoms with Crippen molar-refractivity contribution in [3.63, 3.8) is 0 Å². The fraction of sp³-hybridized carbons (Fsp3) is 1.00. The molecule has 4 heteroatoms. The van der Waals surface area contributed by atoms with Gasteiger partial charge in [0, 0.05) is 6.54 Å². The summed E-state index contributed by atoms with van der Waals surface area (Å²) >= 11 is 16.1. The third-order valence-corrected chi connectivity index (χ3v) is 0.976. The summed E-state index contributed by atoms with van der Waals surface area (Å²) in [5.74, 6) is 0. The summed E-state index contributed by atoms with van der Waals surface area (Å²) in [5.41, 5.74) is 0. The molecule has 0 aromatic heterocycles. The van der Waals surface area contributed by atoms with Crippen molar-refractivity contribution >= 4 is 34.8 Å². The van der Waals surface area contributed by atoms with Crippen molar-refractivity contribution in [1.82, 2.24) is 5.32 Å². The summed E-state index contributed by atoms with van der Waals surface area (Å²) in [7, 11) is 0. The van der Waals surface area contributed by atoms with Crippen molar-refractivity contribution in [3.05, 3.63) is 0 Å². The van der Waals surface area contributed by atoms with E-state index in [-0.39, 0.29) is 0 Å². The maximum absolute atomic E-state index is 5.38. The molecule has 0 amide bonds. The molecule has 0 heterocycles. The lowest BCUT2D eigenvalue weighted by atomic mass is 10.6. The van der Waals surface area contributed by atoms with Crippen molar-refractivity contribution in [3.8, 4) is 0 Å². The Bertz CT molecular complexity index is 58.8. The molecule has 0 aliphatic carbocycles. The normalized spacial score (nSPS) is 12.0. The van der Waals surface area contributed by atoms with Gasteiger partial charge in [0.25, 0.3) is 0 Å². The second kappa shape index (κ2) is 3.78. The molecule has 0 unspecified atom stereocenters. The van der Waals surface area contributed by atoms with Gasteiger partial charge in [-0.1, -0.05) is 41.7 Å². The van der Waals surface area contributed by atoms with E-state index >= 15 is 0 Å². The Morgan fingerprint density at radius 1 is 1.38 bits per heavy atom. The van der Waals surface area contributed by atoms with Crippen LogP contribution in [0.2, 0.25) is 0 Å². The monoisotopic (exact) mass is 175 g/mol. The molecule has 1 N–H and O–H groups in total. The van der Waals surface area contributed by atoms with E-state index in [0.29, 0.717) is 6.54 Å². The Labute approximate surface area is 64.3 Å². The summed E-state index contributed by atoms with van der Waals surface area (Å²) in [5, 5.41) is 2.89. The zero-order valence-corrected chi connectivity index (χ0v) is 6.82. The minimum Gasteiger partial charge on any atom is -0.313 e. The lowest BCUT2D eigenvalue weighted by Gasteiger charge is -2.09. The molecule has 0 bridgehead atoms. The maximum atomic E-state index is 5.38. The van der Waals surface area contributed by atoms with Gasteiger partial charge >= 0.3 is 0 Å². The van der Waals surface area contributed by atoms with Crippen LogP contribution in [0.4, 0.5) is 0 Å². The number of hydrogen-bond donors (Lipinski definition) is 1. The van der Waals surface area contributed by atoms with Gasteiger partial charge in [-0.05, 0) is 6.54 Å². The predicted octanol–water partition coefficient (Wildman–Crippen LogP) is 1.97. The Morgan fingerprint density at radius 2 is 1.88 bits per heavy atom. The zero-order valence-electron chi connectivity index (χ0n) is 4.55. The molecule has 0 spiro atoms. The van der Waals surface area contributed by atoms with Crippen LogP contribution in [0.5, 0.6) is 0 Å². The Kier molecular flexibility index (Phi) is 4.17. The van der Waals surface area contributed by atoms with E-state index in [1.807, 2.05) is 6.92 Å². The lowest BCUT2D eigenvalue weighted by molar-refractivity contribution is 0.730. The average molecular weight is 176 g/mol. The van der Waals surface area contributed by atoms with Crippen LogP contribution < -0.4 is 5.32 Å². The first kappa shape index (κ1) is 8.83. The largest absolute Gasteiger partial charge is 0.313 e. The second-order valence-corrected chi connectivity index (χ2v) is 3.91. The number of hydrogen-bond acceptors (Lipinski definition) is 1. The summed E-state index contributed by atoms with van der Waals surface area (Å²) in [4.78, 5) is 0. The lowest BCUT2D eigenvalue weighted by Crippen LogP contribution is -2.25. The standard InChI is InChI=1S/C4H8Cl3N/c1-2-8-3-4(5,6)7/h8H,2-3H2,1H3. The van der Waals surface area contributed by atoms with Crippen LogP contribution in [0, 0.1) is 0 Å². The van der Waals surface area contributed by atoms with Gasteiger partial charge in [0.1, 0.15) is 0 Å². The van der Waals surface area contributed by atoms with Crippen molar-refractivity contribution in [2.75, 3.05) is 13.1 Å². The quantitative estimate of drug-likeness (QED) is 0.635. The van der Waals surface area contributed by atoms with Crippen LogP contribution in [-0.4, -0.2) is 16.9 Å². The summed E-state index contributed by atoms with van der Waals surface area (Å²) in [6.45, 7) is 3.19. The highest BCUT2D eigenvalue weighted by atomic mass is 35.6. The van der Waals surface area contributed by atoms with E-state index in [2.05, 4.69) is 5.32 Å². The first-order chi connectivity index (χ1) is 3.56. The second-order valence-electron chi connectivity index (χ2n) is 1.40. The zero-order chi connectivity index (χ0) is 6.62. The highest BCUT2D eigenvalue weighted by molar-refractivity contribution is 6.67. The van der Waals surface area contributed by atoms with E-state index in [1.165, 1.54) is 0 Å². The molecule has 0 aliphatic heterocycles. The summed E-state index contributed by atoms with van der Waals surface area (Å²) in [6.07, 6.45) is 0. The minimum atomic E-state index is -1.14. The first-order valence-corrected chi connectivity index (χ1v) is 3.47. The SMILES string of the molecule is CCNCC(Cl)(Cl)Cl.